The van der Waals surface area contributed by atoms with Crippen LogP contribution in [0, 0.1) is 28.6 Å². The Hall–Kier alpha value is -1.90. The molecule has 3 saturated carbocycles. The molecule has 0 radical (unpaired) electrons. The number of carboxylic acid groups (broad SMARTS) is 1. The van der Waals surface area contributed by atoms with Crippen molar-refractivity contribution in [2.45, 2.75) is 76.4 Å². The van der Waals surface area contributed by atoms with E-state index in [0.717, 1.165) is 57.1 Å². The van der Waals surface area contributed by atoms with E-state index in [0.29, 0.717) is 24.8 Å². The number of hydrogen-bond donors (Lipinski definition) is 4. The number of nitrogens with two attached hydrogens (primary N) is 1. The van der Waals surface area contributed by atoms with Crippen LogP contribution in [0.2, 0.25) is 0 Å². The van der Waals surface area contributed by atoms with Crippen LogP contribution in [-0.4, -0.2) is 72.0 Å². The molecule has 0 amide bonds. The summed E-state index contributed by atoms with van der Waals surface area (Å²) in [5, 5.41) is 26.2. The van der Waals surface area contributed by atoms with E-state index < -0.39 is 17.0 Å². The van der Waals surface area contributed by atoms with Crippen molar-refractivity contribution >= 4 is 11.9 Å². The first kappa shape index (κ1) is 25.7. The van der Waals surface area contributed by atoms with Crippen LogP contribution in [0.15, 0.2) is 28.4 Å². The number of allylic oxidation sites excluding steroid dienone is 1. The van der Waals surface area contributed by atoms with Gasteiger partial charge in [-0.1, -0.05) is 25.8 Å². The highest BCUT2D eigenvalue weighted by Gasteiger charge is 2.75. The van der Waals surface area contributed by atoms with Crippen molar-refractivity contribution in [3.63, 3.8) is 0 Å². The van der Waals surface area contributed by atoms with Crippen LogP contribution < -0.4 is 11.1 Å². The van der Waals surface area contributed by atoms with E-state index in [2.05, 4.69) is 30.2 Å². The summed E-state index contributed by atoms with van der Waals surface area (Å²) in [6.45, 7) is 5.88. The molecule has 0 aromatic rings. The van der Waals surface area contributed by atoms with Crippen LogP contribution in [0.4, 0.5) is 0 Å². The number of carbonyl (C=O) groups is 1. The molecule has 2 spiro atoms. The average Bonchev–Trinajstić information content (AvgIpc) is 3.43. The Kier molecular flexibility index (Phi) is 6.32. The van der Waals surface area contributed by atoms with Crippen LogP contribution in [0.5, 0.6) is 0 Å². The molecular formula is C28H44N4O4. The molecule has 8 nitrogen and oxygen atoms in total. The van der Waals surface area contributed by atoms with Gasteiger partial charge >= 0.3 is 5.97 Å². The molecule has 0 aromatic carbocycles. The molecule has 8 heteroatoms. The maximum atomic E-state index is 12.9. The zero-order chi connectivity index (χ0) is 25.9. The molecule has 6 unspecified atom stereocenters. The van der Waals surface area contributed by atoms with Gasteiger partial charge in [0.15, 0.2) is 5.96 Å². The molecule has 36 heavy (non-hydrogen) atoms. The predicted octanol–water partition coefficient (Wildman–Crippen LogP) is 2.88. The number of guanidine groups is 1. The lowest BCUT2D eigenvalue weighted by Crippen LogP contribution is -2.62. The van der Waals surface area contributed by atoms with Gasteiger partial charge in [0.2, 0.25) is 0 Å². The van der Waals surface area contributed by atoms with Crippen molar-refractivity contribution in [3.05, 3.63) is 23.4 Å². The van der Waals surface area contributed by atoms with Gasteiger partial charge in [-0.3, -0.25) is 4.99 Å². The molecular weight excluding hydrogens is 456 g/mol. The Morgan fingerprint density at radius 2 is 2.06 bits per heavy atom. The number of aliphatic imine (C=N–C) groups is 1. The van der Waals surface area contributed by atoms with Crippen molar-refractivity contribution in [3.8, 4) is 0 Å². The second-order valence-electron chi connectivity index (χ2n) is 12.4. The summed E-state index contributed by atoms with van der Waals surface area (Å²) >= 11 is 0. The summed E-state index contributed by atoms with van der Waals surface area (Å²) in [6, 6.07) is 0. The van der Waals surface area contributed by atoms with Gasteiger partial charge in [0.25, 0.3) is 0 Å². The topological polar surface area (TPSA) is 120 Å². The smallest absolute Gasteiger partial charge is 0.334 e. The lowest BCUT2D eigenvalue weighted by molar-refractivity contribution is -0.148. The lowest BCUT2D eigenvalue weighted by Gasteiger charge is -2.61. The first-order valence-electron chi connectivity index (χ1n) is 13.7. The Morgan fingerprint density at radius 3 is 2.69 bits per heavy atom. The molecule has 0 aromatic heterocycles. The van der Waals surface area contributed by atoms with Gasteiger partial charge in [0.1, 0.15) is 5.60 Å². The number of carboxylic acids is 1. The fourth-order valence-electron chi connectivity index (χ4n) is 9.17. The van der Waals surface area contributed by atoms with E-state index >= 15 is 0 Å². The lowest BCUT2D eigenvalue weighted by atomic mass is 9.46. The molecule has 5 aliphatic rings. The summed E-state index contributed by atoms with van der Waals surface area (Å²) in [6.07, 6.45) is 11.6. The minimum absolute atomic E-state index is 0.0403. The third-order valence-electron chi connectivity index (χ3n) is 10.7. The third-order valence-corrected chi connectivity index (χ3v) is 10.7. The van der Waals surface area contributed by atoms with Crippen molar-refractivity contribution < 1.29 is 19.7 Å². The van der Waals surface area contributed by atoms with Gasteiger partial charge in [-0.2, -0.15) is 0 Å². The SMILES string of the molecule is CN=C(N)N1C=CC(CNC)C2(C1)C1CCC(C)C23CC(O)(COC2(C)CCCC2)C(C(=O)O)=C3C1. The van der Waals surface area contributed by atoms with E-state index in [4.69, 9.17) is 10.5 Å². The molecule has 4 aliphatic carbocycles. The van der Waals surface area contributed by atoms with Crippen LogP contribution in [0.1, 0.15) is 65.2 Å². The molecule has 2 bridgehead atoms. The third kappa shape index (κ3) is 3.43. The molecule has 5 N–H and O–H groups in total. The normalized spacial score (nSPS) is 41.4. The summed E-state index contributed by atoms with van der Waals surface area (Å²) in [5.41, 5.74) is 5.03. The molecule has 6 atom stereocenters. The number of hydrogen-bond acceptors (Lipinski definition) is 5. The highest BCUT2D eigenvalue weighted by Crippen LogP contribution is 2.77. The first-order chi connectivity index (χ1) is 17.1. The minimum atomic E-state index is -1.50. The maximum Gasteiger partial charge on any atom is 0.334 e. The summed E-state index contributed by atoms with van der Waals surface area (Å²) in [5.74, 6) is 0.231. The molecule has 1 aliphatic heterocycles. The van der Waals surface area contributed by atoms with Crippen LogP contribution in [0.25, 0.3) is 0 Å². The van der Waals surface area contributed by atoms with Gasteiger partial charge in [-0.15, -0.1) is 0 Å². The summed E-state index contributed by atoms with van der Waals surface area (Å²) < 4.78 is 6.40. The highest BCUT2D eigenvalue weighted by atomic mass is 16.5. The Morgan fingerprint density at radius 1 is 1.33 bits per heavy atom. The van der Waals surface area contributed by atoms with Gasteiger partial charge < -0.3 is 30.9 Å². The number of nitrogens with one attached hydrogen (secondary N) is 1. The van der Waals surface area contributed by atoms with E-state index in [1.54, 1.807) is 7.05 Å². The van der Waals surface area contributed by atoms with Crippen LogP contribution in [-0.2, 0) is 9.53 Å². The number of nitrogens with zero attached hydrogens (tertiary/aromatic N) is 2. The van der Waals surface area contributed by atoms with Crippen molar-refractivity contribution in [1.29, 1.82) is 0 Å². The second kappa shape index (κ2) is 8.84. The van der Waals surface area contributed by atoms with Gasteiger partial charge in [0.05, 0.1) is 17.8 Å². The van der Waals surface area contributed by atoms with Crippen molar-refractivity contribution in [2.75, 3.05) is 33.8 Å². The standard InChI is InChI=1S/C28H44N4O4/c1-18-7-8-19-13-21-22(23(33)34)26(35,17-36-25(2)10-5-6-11-25)15-27(18,21)28(19)16-32(24(29)31-4)12-9-20(28)14-30-3/h9,12,18-20,30,35H,5-8,10-11,13-17H2,1-4H3,(H2,29,31)(H,33,34). The molecule has 1 heterocycles. The zero-order valence-corrected chi connectivity index (χ0v) is 22.3. The van der Waals surface area contributed by atoms with Crippen LogP contribution in [0.3, 0.4) is 0 Å². The van der Waals surface area contributed by atoms with E-state index in [-0.39, 0.29) is 35.0 Å². The summed E-state index contributed by atoms with van der Waals surface area (Å²) in [4.78, 5) is 19.2. The largest absolute Gasteiger partial charge is 0.478 e. The number of aliphatic hydroxyl groups is 1. The van der Waals surface area contributed by atoms with E-state index in [1.165, 1.54) is 0 Å². The van der Waals surface area contributed by atoms with Crippen molar-refractivity contribution in [2.24, 2.45) is 39.3 Å². The molecule has 200 valence electrons. The Bertz CT molecular complexity index is 1000. The van der Waals surface area contributed by atoms with Crippen LogP contribution >= 0.6 is 0 Å². The highest BCUT2D eigenvalue weighted by molar-refractivity contribution is 5.92. The monoisotopic (exact) mass is 500 g/mol. The molecule has 3 fully saturated rings. The Labute approximate surface area is 215 Å². The summed E-state index contributed by atoms with van der Waals surface area (Å²) in [7, 11) is 3.68. The Balaban J connectivity index is 1.64. The number of rotatable bonds is 6. The van der Waals surface area contributed by atoms with Gasteiger partial charge in [-0.05, 0) is 75.8 Å². The van der Waals surface area contributed by atoms with Crippen molar-refractivity contribution in [1.82, 2.24) is 10.2 Å². The quantitative estimate of drug-likeness (QED) is 0.327. The second-order valence-corrected chi connectivity index (χ2v) is 12.4. The molecule has 0 saturated heterocycles. The van der Waals surface area contributed by atoms with E-state index in [9.17, 15) is 15.0 Å². The minimum Gasteiger partial charge on any atom is -0.478 e. The first-order valence-corrected chi connectivity index (χ1v) is 13.7. The maximum absolute atomic E-state index is 12.9. The fraction of sp³-hybridized carbons (Fsp3) is 0.786. The van der Waals surface area contributed by atoms with Gasteiger partial charge in [-0.25, -0.2) is 4.79 Å². The number of ether oxygens (including phenoxy) is 1. The number of aliphatic carboxylic acids is 1. The van der Waals surface area contributed by atoms with E-state index in [1.807, 2.05) is 18.1 Å². The van der Waals surface area contributed by atoms with Gasteiger partial charge in [0, 0.05) is 37.2 Å². The fourth-order valence-corrected chi connectivity index (χ4v) is 9.17. The predicted molar refractivity (Wildman–Crippen MR) is 139 cm³/mol. The average molecular weight is 501 g/mol. The zero-order valence-electron chi connectivity index (χ0n) is 22.3. The molecule has 5 rings (SSSR count).